The zero-order chi connectivity index (χ0) is 25.2. The number of nitriles is 1. The van der Waals surface area contributed by atoms with Gasteiger partial charge in [-0.1, -0.05) is 60.7 Å². The summed E-state index contributed by atoms with van der Waals surface area (Å²) in [5.74, 6) is 0.690. The molecule has 0 saturated carbocycles. The van der Waals surface area contributed by atoms with Crippen LogP contribution in [-0.4, -0.2) is 47.0 Å². The number of aromatic nitrogens is 2. The first-order valence-electron chi connectivity index (χ1n) is 12.5. The van der Waals surface area contributed by atoms with Gasteiger partial charge in [0.2, 0.25) is 0 Å². The summed E-state index contributed by atoms with van der Waals surface area (Å²) in [6.45, 7) is 2.56. The molecule has 0 spiro atoms. The van der Waals surface area contributed by atoms with E-state index in [1.807, 2.05) is 53.4 Å². The molecule has 37 heavy (non-hydrogen) atoms. The number of fused-ring (bicyclic) bond motifs is 2. The minimum absolute atomic E-state index is 0.00321. The van der Waals surface area contributed by atoms with Crippen LogP contribution in [0.25, 0.3) is 32.9 Å². The van der Waals surface area contributed by atoms with Crippen molar-refractivity contribution in [2.45, 2.75) is 6.42 Å². The number of anilines is 1. The van der Waals surface area contributed by atoms with Gasteiger partial charge in [0.15, 0.2) is 0 Å². The highest BCUT2D eigenvalue weighted by Gasteiger charge is 2.24. The van der Waals surface area contributed by atoms with Crippen molar-refractivity contribution in [2.75, 3.05) is 31.1 Å². The lowest BCUT2D eigenvalue weighted by molar-refractivity contribution is 0.0769. The SMILES string of the molecule is N#Cc1cccnc1N1CCCN(C(=O)c2cc(-c3cccc4ccccc34)nc3ccccc23)CC1. The summed E-state index contributed by atoms with van der Waals surface area (Å²) >= 11 is 0. The maximum Gasteiger partial charge on any atom is 0.254 e. The Balaban J connectivity index is 1.37. The Kier molecular flexibility index (Phi) is 5.95. The van der Waals surface area contributed by atoms with Crippen LogP contribution in [0.1, 0.15) is 22.3 Å². The summed E-state index contributed by atoms with van der Waals surface area (Å²) in [5.41, 5.74) is 3.83. The monoisotopic (exact) mass is 483 g/mol. The number of amides is 1. The molecule has 1 fully saturated rings. The molecule has 2 aromatic heterocycles. The van der Waals surface area contributed by atoms with Crippen LogP contribution in [0.4, 0.5) is 5.82 Å². The molecule has 1 saturated heterocycles. The van der Waals surface area contributed by atoms with Crippen molar-refractivity contribution in [3.8, 4) is 17.3 Å². The molecular weight excluding hydrogens is 458 g/mol. The van der Waals surface area contributed by atoms with Crippen molar-refractivity contribution in [3.05, 3.63) is 102 Å². The van der Waals surface area contributed by atoms with Gasteiger partial charge < -0.3 is 9.80 Å². The van der Waals surface area contributed by atoms with Crippen LogP contribution in [0.5, 0.6) is 0 Å². The van der Waals surface area contributed by atoms with Crippen molar-refractivity contribution < 1.29 is 4.79 Å². The molecule has 0 unspecified atom stereocenters. The summed E-state index contributed by atoms with van der Waals surface area (Å²) in [6, 6.07) is 30.0. The molecule has 1 aliphatic heterocycles. The van der Waals surface area contributed by atoms with Gasteiger partial charge in [-0.2, -0.15) is 5.26 Å². The highest BCUT2D eigenvalue weighted by molar-refractivity contribution is 6.08. The second kappa shape index (κ2) is 9.71. The van der Waals surface area contributed by atoms with Crippen LogP contribution in [0, 0.1) is 11.3 Å². The van der Waals surface area contributed by atoms with Gasteiger partial charge in [0.1, 0.15) is 11.9 Å². The van der Waals surface area contributed by atoms with Gasteiger partial charge in [0.25, 0.3) is 5.91 Å². The Morgan fingerprint density at radius 2 is 1.65 bits per heavy atom. The predicted octanol–water partition coefficient (Wildman–Crippen LogP) is 5.67. The minimum Gasteiger partial charge on any atom is -0.354 e. The predicted molar refractivity (Wildman–Crippen MR) is 146 cm³/mol. The van der Waals surface area contributed by atoms with Crippen LogP contribution < -0.4 is 4.90 Å². The van der Waals surface area contributed by atoms with E-state index in [0.29, 0.717) is 36.6 Å². The van der Waals surface area contributed by atoms with Gasteiger partial charge in [-0.3, -0.25) is 4.79 Å². The zero-order valence-corrected chi connectivity index (χ0v) is 20.3. The van der Waals surface area contributed by atoms with Crippen LogP contribution in [0.3, 0.4) is 0 Å². The topological polar surface area (TPSA) is 73.1 Å². The molecule has 0 radical (unpaired) electrons. The Hall–Kier alpha value is -4.76. The van der Waals surface area contributed by atoms with Crippen molar-refractivity contribution in [3.63, 3.8) is 0 Å². The summed E-state index contributed by atoms with van der Waals surface area (Å²) in [6.07, 6.45) is 2.51. The second-order valence-electron chi connectivity index (χ2n) is 9.22. The zero-order valence-electron chi connectivity index (χ0n) is 20.3. The fraction of sp³-hybridized carbons (Fsp3) is 0.161. The maximum absolute atomic E-state index is 14.0. The highest BCUT2D eigenvalue weighted by Crippen LogP contribution is 2.31. The molecule has 6 heteroatoms. The Bertz CT molecular complexity index is 1670. The molecule has 5 aromatic rings. The highest BCUT2D eigenvalue weighted by atomic mass is 16.2. The summed E-state index contributed by atoms with van der Waals surface area (Å²) < 4.78 is 0. The third-order valence-electron chi connectivity index (χ3n) is 7.00. The van der Waals surface area contributed by atoms with E-state index < -0.39 is 0 Å². The van der Waals surface area contributed by atoms with Crippen LogP contribution in [0.2, 0.25) is 0 Å². The van der Waals surface area contributed by atoms with Gasteiger partial charge >= 0.3 is 0 Å². The van der Waals surface area contributed by atoms with Crippen LogP contribution in [0.15, 0.2) is 91.1 Å². The molecule has 180 valence electrons. The van der Waals surface area contributed by atoms with E-state index >= 15 is 0 Å². The second-order valence-corrected chi connectivity index (χ2v) is 9.22. The molecule has 6 rings (SSSR count). The standard InChI is InChI=1S/C31H25N5O/c32-21-23-10-6-15-33-30(23)35-16-7-17-36(19-18-35)31(37)27-20-29(34-28-14-4-3-12-26(27)28)25-13-5-9-22-8-1-2-11-24(22)25/h1-6,8-15,20H,7,16-19H2. The van der Waals surface area contributed by atoms with E-state index in [1.165, 1.54) is 0 Å². The quantitative estimate of drug-likeness (QED) is 0.330. The van der Waals surface area contributed by atoms with E-state index in [2.05, 4.69) is 40.2 Å². The molecule has 0 aliphatic carbocycles. The number of hydrogen-bond acceptors (Lipinski definition) is 5. The average Bonchev–Trinajstić information content (AvgIpc) is 3.22. The van der Waals surface area contributed by atoms with Gasteiger partial charge in [0.05, 0.1) is 22.3 Å². The molecule has 1 amide bonds. The maximum atomic E-state index is 14.0. The van der Waals surface area contributed by atoms with E-state index in [4.69, 9.17) is 4.98 Å². The number of pyridine rings is 2. The number of rotatable bonds is 3. The number of benzene rings is 3. The summed E-state index contributed by atoms with van der Waals surface area (Å²) in [4.78, 5) is 27.4. The van der Waals surface area contributed by atoms with Crippen LogP contribution in [-0.2, 0) is 0 Å². The number of carbonyl (C=O) groups is 1. The van der Waals surface area contributed by atoms with Crippen molar-refractivity contribution in [2.24, 2.45) is 0 Å². The molecule has 0 atom stereocenters. The Morgan fingerprint density at radius 3 is 2.54 bits per heavy atom. The fourth-order valence-electron chi connectivity index (χ4n) is 5.18. The van der Waals surface area contributed by atoms with Crippen molar-refractivity contribution in [1.29, 1.82) is 5.26 Å². The third kappa shape index (κ3) is 4.25. The molecule has 0 N–H and O–H groups in total. The molecule has 1 aliphatic rings. The normalized spacial score (nSPS) is 13.9. The first-order valence-corrected chi connectivity index (χ1v) is 12.5. The number of nitrogens with zero attached hydrogens (tertiary/aromatic N) is 5. The van der Waals surface area contributed by atoms with E-state index in [-0.39, 0.29) is 5.91 Å². The summed E-state index contributed by atoms with van der Waals surface area (Å²) in [7, 11) is 0. The number of para-hydroxylation sites is 1. The summed E-state index contributed by atoms with van der Waals surface area (Å²) in [5, 5.41) is 12.6. The van der Waals surface area contributed by atoms with E-state index in [0.717, 1.165) is 45.9 Å². The lowest BCUT2D eigenvalue weighted by atomic mass is 9.98. The third-order valence-corrected chi connectivity index (χ3v) is 7.00. The molecule has 6 nitrogen and oxygen atoms in total. The Morgan fingerprint density at radius 1 is 0.838 bits per heavy atom. The van der Waals surface area contributed by atoms with Crippen molar-refractivity contribution >= 4 is 33.4 Å². The van der Waals surface area contributed by atoms with E-state index in [1.54, 1.807) is 18.3 Å². The smallest absolute Gasteiger partial charge is 0.254 e. The van der Waals surface area contributed by atoms with Gasteiger partial charge in [-0.15, -0.1) is 0 Å². The lowest BCUT2D eigenvalue weighted by Gasteiger charge is -2.24. The van der Waals surface area contributed by atoms with Gasteiger partial charge in [-0.05, 0) is 41.5 Å². The first kappa shape index (κ1) is 22.7. The fourth-order valence-corrected chi connectivity index (χ4v) is 5.18. The van der Waals surface area contributed by atoms with E-state index in [9.17, 15) is 10.1 Å². The number of carbonyl (C=O) groups excluding carboxylic acids is 1. The van der Waals surface area contributed by atoms with Gasteiger partial charge in [0, 0.05) is 43.3 Å². The molecular formula is C31H25N5O. The molecule has 3 aromatic carbocycles. The molecule has 3 heterocycles. The largest absolute Gasteiger partial charge is 0.354 e. The molecule has 0 bridgehead atoms. The minimum atomic E-state index is 0.00321. The number of hydrogen-bond donors (Lipinski definition) is 0. The Labute approximate surface area is 215 Å². The average molecular weight is 484 g/mol. The van der Waals surface area contributed by atoms with Gasteiger partial charge in [-0.25, -0.2) is 9.97 Å². The van der Waals surface area contributed by atoms with Crippen molar-refractivity contribution in [1.82, 2.24) is 14.9 Å². The lowest BCUT2D eigenvalue weighted by Crippen LogP contribution is -2.35. The van der Waals surface area contributed by atoms with Crippen LogP contribution >= 0.6 is 0 Å². The first-order chi connectivity index (χ1) is 18.2.